The fraction of sp³-hybridized carbons (Fsp3) is 1.00. The summed E-state index contributed by atoms with van der Waals surface area (Å²) in [6.07, 6.45) is 0. The molecule has 0 amide bonds. The molecular formula is C8H18F6O8S2Si2U. The maximum absolute atomic E-state index is 10.7. The van der Waals surface area contributed by atoms with E-state index in [1.54, 1.807) is 39.3 Å². The second-order valence-corrected chi connectivity index (χ2v) is 17.2. The van der Waals surface area contributed by atoms with Crippen molar-refractivity contribution in [1.82, 2.24) is 0 Å². The normalized spacial score (nSPS) is 12.7. The first kappa shape index (κ1) is 38.4. The van der Waals surface area contributed by atoms with Crippen molar-refractivity contribution >= 4 is 36.9 Å². The molecule has 0 spiro atoms. The Morgan fingerprint density at radius 1 is 0.593 bits per heavy atom. The minimum atomic E-state index is -6.09. The fourth-order valence-corrected chi connectivity index (χ4v) is 0. The molecule has 0 aliphatic rings. The first-order valence-electron chi connectivity index (χ1n) is 5.95. The third kappa shape index (κ3) is 46.6. The number of alkyl halides is 6. The standard InChI is InChI=1S/2C3H9OSi.2CHF3O3S.U/c2*1-5(2,3)4;2*2-1(3,4)8(5,6)7;/h2*1-3H3;2*(H,5,6,7);/q2*-1;;;+4/p-2. The van der Waals surface area contributed by atoms with E-state index in [4.69, 9.17) is 25.9 Å². The van der Waals surface area contributed by atoms with Crippen molar-refractivity contribution in [3.8, 4) is 0 Å². The minimum absolute atomic E-state index is 0. The first-order chi connectivity index (χ1) is 10.5. The van der Waals surface area contributed by atoms with E-state index in [1.165, 1.54) is 0 Å². The summed E-state index contributed by atoms with van der Waals surface area (Å²) in [5.74, 6) is 0. The van der Waals surface area contributed by atoms with E-state index in [9.17, 15) is 35.9 Å². The molecule has 0 aromatic carbocycles. The maximum atomic E-state index is 10.7. The molecule has 0 aliphatic carbocycles. The summed E-state index contributed by atoms with van der Waals surface area (Å²) in [6.45, 7) is 10.6. The average molecular weight is 715 g/mol. The van der Waals surface area contributed by atoms with E-state index in [2.05, 4.69) is 0 Å². The molecule has 0 saturated carbocycles. The number of hydrogen-bond donors (Lipinski definition) is 0. The van der Waals surface area contributed by atoms with Crippen LogP contribution in [-0.4, -0.2) is 53.6 Å². The Balaban J connectivity index is -0.0000000807. The Labute approximate surface area is 179 Å². The molecule has 0 bridgehead atoms. The van der Waals surface area contributed by atoms with Crippen LogP contribution in [0, 0.1) is 31.1 Å². The van der Waals surface area contributed by atoms with Gasteiger partial charge in [-0.25, -0.2) is 16.8 Å². The third-order valence-corrected chi connectivity index (χ3v) is 1.70. The van der Waals surface area contributed by atoms with Gasteiger partial charge >= 0.3 is 42.1 Å². The molecule has 8 nitrogen and oxygen atoms in total. The monoisotopic (exact) mass is 714 g/mol. The predicted molar refractivity (Wildman–Crippen MR) is 78.2 cm³/mol. The van der Waals surface area contributed by atoms with Crippen LogP contribution in [0.25, 0.3) is 0 Å². The van der Waals surface area contributed by atoms with E-state index in [1.807, 2.05) is 0 Å². The molecule has 164 valence electrons. The molecule has 0 N–H and O–H groups in total. The van der Waals surface area contributed by atoms with Crippen molar-refractivity contribution in [1.29, 1.82) is 0 Å². The summed E-state index contributed by atoms with van der Waals surface area (Å²) in [6, 6.07) is 0. The van der Waals surface area contributed by atoms with Crippen molar-refractivity contribution in [2.45, 2.75) is 50.3 Å². The van der Waals surface area contributed by atoms with Crippen LogP contribution >= 0.6 is 0 Å². The van der Waals surface area contributed by atoms with Gasteiger partial charge in [-0.05, 0) is 0 Å². The molecule has 0 atom stereocenters. The van der Waals surface area contributed by atoms with Crippen molar-refractivity contribution < 1.29 is 93.0 Å². The molecule has 0 heterocycles. The Bertz CT molecular complexity index is 526. The fourth-order valence-electron chi connectivity index (χ4n) is 0. The van der Waals surface area contributed by atoms with Gasteiger partial charge in [0, 0.05) is 0 Å². The molecule has 19 heteroatoms. The molecule has 27 heavy (non-hydrogen) atoms. The number of rotatable bonds is 0. The van der Waals surface area contributed by atoms with Gasteiger partial charge in [0.2, 0.25) is 0 Å². The van der Waals surface area contributed by atoms with Crippen molar-refractivity contribution in [2.24, 2.45) is 0 Å². The van der Waals surface area contributed by atoms with Crippen LogP contribution in [0.3, 0.4) is 0 Å². The van der Waals surface area contributed by atoms with Gasteiger partial charge < -0.3 is 18.7 Å². The Kier molecular flexibility index (Phi) is 18.7. The van der Waals surface area contributed by atoms with E-state index in [-0.39, 0.29) is 31.1 Å². The Hall–Kier alpha value is 0.806. The minimum Gasteiger partial charge on any atom is -0.859 e. The van der Waals surface area contributed by atoms with Gasteiger partial charge in [0.1, 0.15) is 0 Å². The molecule has 0 radical (unpaired) electrons. The van der Waals surface area contributed by atoms with E-state index >= 15 is 0 Å². The van der Waals surface area contributed by atoms with Gasteiger partial charge in [-0.3, -0.25) is 0 Å². The molecule has 0 aromatic rings. The van der Waals surface area contributed by atoms with Gasteiger partial charge in [-0.2, -0.15) is 26.3 Å². The van der Waals surface area contributed by atoms with Gasteiger partial charge in [0.05, 0.1) is 0 Å². The second-order valence-electron chi connectivity index (χ2n) is 6.02. The van der Waals surface area contributed by atoms with Crippen molar-refractivity contribution in [2.75, 3.05) is 0 Å². The molecule has 0 aromatic heterocycles. The van der Waals surface area contributed by atoms with Crippen molar-refractivity contribution in [3.05, 3.63) is 0 Å². The molecule has 0 rings (SSSR count). The smallest absolute Gasteiger partial charge is 0.859 e. The van der Waals surface area contributed by atoms with Crippen LogP contribution in [0.5, 0.6) is 0 Å². The van der Waals surface area contributed by atoms with Crippen LogP contribution in [0.2, 0.25) is 39.3 Å². The maximum Gasteiger partial charge on any atom is 4.00 e. The molecule has 0 unspecified atom stereocenters. The summed E-state index contributed by atoms with van der Waals surface area (Å²) in [5.41, 5.74) is -11.3. The molecule has 0 aliphatic heterocycles. The summed E-state index contributed by atoms with van der Waals surface area (Å²) in [4.78, 5) is 20.5. The van der Waals surface area contributed by atoms with E-state index in [0.29, 0.717) is 0 Å². The van der Waals surface area contributed by atoms with Crippen molar-refractivity contribution in [3.63, 3.8) is 0 Å². The second kappa shape index (κ2) is 13.2. The first-order valence-corrected chi connectivity index (χ1v) is 15.6. The summed E-state index contributed by atoms with van der Waals surface area (Å²) < 4.78 is 118. The van der Waals surface area contributed by atoms with E-state index < -0.39 is 47.9 Å². The van der Waals surface area contributed by atoms with Crippen LogP contribution in [0.15, 0.2) is 0 Å². The van der Waals surface area contributed by atoms with Crippen LogP contribution in [-0.2, 0) is 20.2 Å². The van der Waals surface area contributed by atoms with Crippen LogP contribution < -0.4 is 9.59 Å². The summed E-state index contributed by atoms with van der Waals surface area (Å²) in [5, 5.41) is 0. The van der Waals surface area contributed by atoms with Crippen LogP contribution in [0.4, 0.5) is 26.3 Å². The third-order valence-electron chi connectivity index (χ3n) is 0.567. The van der Waals surface area contributed by atoms with Gasteiger partial charge in [-0.15, -0.1) is 0 Å². The zero-order valence-electron chi connectivity index (χ0n) is 14.9. The zero-order valence-corrected chi connectivity index (χ0v) is 22.6. The average Bonchev–Trinajstić information content (AvgIpc) is 2.04. The topological polar surface area (TPSA) is 161 Å². The molecule has 0 saturated heterocycles. The van der Waals surface area contributed by atoms with E-state index in [0.717, 1.165) is 0 Å². The quantitative estimate of drug-likeness (QED) is 0.152. The molecule has 0 fully saturated rings. The molecular weight excluding hydrogens is 696 g/mol. The Morgan fingerprint density at radius 3 is 0.630 bits per heavy atom. The van der Waals surface area contributed by atoms with Crippen LogP contribution in [0.1, 0.15) is 0 Å². The summed E-state index contributed by atoms with van der Waals surface area (Å²) in [7, 11) is -15.9. The van der Waals surface area contributed by atoms with Gasteiger partial charge in [0.25, 0.3) is 0 Å². The van der Waals surface area contributed by atoms with Gasteiger partial charge in [-0.1, -0.05) is 55.9 Å². The SMILES string of the molecule is C[Si](C)(C)[O-].C[Si](C)(C)[O-].O=S(=O)([O-])C(F)(F)F.O=S(=O)([O-])C(F)(F)F.[U+4]. The largest absolute Gasteiger partial charge is 4.00 e. The van der Waals surface area contributed by atoms with Gasteiger partial charge in [0.15, 0.2) is 20.2 Å². The number of hydrogen-bond acceptors (Lipinski definition) is 8. The zero-order chi connectivity index (χ0) is 23.0. The predicted octanol–water partition coefficient (Wildman–Crippen LogP) is 0.466. The Morgan fingerprint density at radius 2 is 0.630 bits per heavy atom. The summed E-state index contributed by atoms with van der Waals surface area (Å²) >= 11 is 0. The number of halogens is 6.